The van der Waals surface area contributed by atoms with E-state index in [9.17, 15) is 9.18 Å². The molecule has 2 fully saturated rings. The molecule has 0 bridgehead atoms. The Labute approximate surface area is 148 Å². The van der Waals surface area contributed by atoms with Crippen molar-refractivity contribution in [3.63, 3.8) is 0 Å². The first-order valence-corrected chi connectivity index (χ1v) is 9.31. The number of carbonyl (C=O) groups excluding carboxylic acids is 1. The van der Waals surface area contributed by atoms with Crippen molar-refractivity contribution in [2.45, 2.75) is 55.9 Å². The number of amides is 1. The lowest BCUT2D eigenvalue weighted by molar-refractivity contribution is -0.128. The van der Waals surface area contributed by atoms with Gasteiger partial charge in [0, 0.05) is 12.0 Å². The predicted molar refractivity (Wildman–Crippen MR) is 96.9 cm³/mol. The maximum Gasteiger partial charge on any atom is 0.230 e. The van der Waals surface area contributed by atoms with Gasteiger partial charge < -0.3 is 5.32 Å². The minimum Gasteiger partial charge on any atom is -0.352 e. The van der Waals surface area contributed by atoms with Crippen molar-refractivity contribution in [3.05, 3.63) is 71.5 Å². The molecule has 1 N–H and O–H groups in total. The van der Waals surface area contributed by atoms with E-state index in [1.54, 1.807) is 12.1 Å². The number of hydrogen-bond donors (Lipinski definition) is 1. The zero-order valence-electron chi connectivity index (χ0n) is 14.4. The summed E-state index contributed by atoms with van der Waals surface area (Å²) in [6, 6.07) is 17.2. The summed E-state index contributed by atoms with van der Waals surface area (Å²) in [6.45, 7) is 0. The monoisotopic (exact) mass is 337 g/mol. The summed E-state index contributed by atoms with van der Waals surface area (Å²) < 4.78 is 13.8. The maximum absolute atomic E-state index is 13.8. The molecule has 130 valence electrons. The van der Waals surface area contributed by atoms with Crippen LogP contribution in [0.25, 0.3) is 0 Å². The fourth-order valence-electron chi connectivity index (χ4n) is 4.32. The Kier molecular flexibility index (Phi) is 4.32. The summed E-state index contributed by atoms with van der Waals surface area (Å²) in [5.74, 6) is 0.239. The van der Waals surface area contributed by atoms with E-state index >= 15 is 0 Å². The molecule has 2 aliphatic carbocycles. The summed E-state index contributed by atoms with van der Waals surface area (Å²) in [5, 5.41) is 3.27. The first-order valence-electron chi connectivity index (χ1n) is 9.31. The van der Waals surface area contributed by atoms with Gasteiger partial charge in [-0.2, -0.15) is 0 Å². The minimum atomic E-state index is -0.565. The SMILES string of the molecule is O=C(N[C@@H]1C[C@@H]1c1ccccc1)C1(c2cccc(F)c2)CCCCC1. The van der Waals surface area contributed by atoms with Crippen LogP contribution < -0.4 is 5.32 Å². The van der Waals surface area contributed by atoms with Crippen LogP contribution in [-0.4, -0.2) is 11.9 Å². The molecule has 0 aliphatic heterocycles. The Balaban J connectivity index is 1.53. The molecular formula is C22H24FNO. The molecule has 1 amide bonds. The second-order valence-corrected chi connectivity index (χ2v) is 7.49. The fraction of sp³-hybridized carbons (Fsp3) is 0.409. The Morgan fingerprint density at radius 3 is 2.48 bits per heavy atom. The summed E-state index contributed by atoms with van der Waals surface area (Å²) >= 11 is 0. The second kappa shape index (κ2) is 6.62. The number of nitrogens with one attached hydrogen (secondary N) is 1. The number of halogens is 1. The van der Waals surface area contributed by atoms with Gasteiger partial charge in [-0.05, 0) is 42.5 Å². The number of hydrogen-bond acceptors (Lipinski definition) is 1. The Hall–Kier alpha value is -2.16. The highest BCUT2D eigenvalue weighted by Crippen LogP contribution is 2.44. The van der Waals surface area contributed by atoms with E-state index < -0.39 is 5.41 Å². The number of benzene rings is 2. The van der Waals surface area contributed by atoms with Gasteiger partial charge in [-0.15, -0.1) is 0 Å². The van der Waals surface area contributed by atoms with Crippen molar-refractivity contribution in [3.8, 4) is 0 Å². The van der Waals surface area contributed by atoms with Crippen LogP contribution in [0.15, 0.2) is 54.6 Å². The number of rotatable bonds is 4. The second-order valence-electron chi connectivity index (χ2n) is 7.49. The van der Waals surface area contributed by atoms with Gasteiger partial charge in [0.2, 0.25) is 5.91 Å². The maximum atomic E-state index is 13.8. The van der Waals surface area contributed by atoms with Gasteiger partial charge in [0.1, 0.15) is 5.82 Å². The lowest BCUT2D eigenvalue weighted by Gasteiger charge is -2.36. The van der Waals surface area contributed by atoms with Crippen LogP contribution in [0.2, 0.25) is 0 Å². The number of carbonyl (C=O) groups is 1. The molecule has 2 nitrogen and oxygen atoms in total. The molecule has 0 unspecified atom stereocenters. The molecule has 25 heavy (non-hydrogen) atoms. The van der Waals surface area contributed by atoms with Gasteiger partial charge in [-0.3, -0.25) is 4.79 Å². The highest BCUT2D eigenvalue weighted by atomic mass is 19.1. The van der Waals surface area contributed by atoms with Gasteiger partial charge in [-0.1, -0.05) is 61.7 Å². The van der Waals surface area contributed by atoms with Crippen LogP contribution in [0.4, 0.5) is 4.39 Å². The van der Waals surface area contributed by atoms with Crippen LogP contribution in [0.1, 0.15) is 55.6 Å². The van der Waals surface area contributed by atoms with Crippen molar-refractivity contribution < 1.29 is 9.18 Å². The average Bonchev–Trinajstić information content (AvgIpc) is 3.42. The van der Waals surface area contributed by atoms with E-state index in [2.05, 4.69) is 17.4 Å². The van der Waals surface area contributed by atoms with E-state index in [0.29, 0.717) is 5.92 Å². The third-order valence-corrected chi connectivity index (χ3v) is 5.85. The lowest BCUT2D eigenvalue weighted by atomic mass is 9.68. The van der Waals surface area contributed by atoms with Crippen LogP contribution in [0, 0.1) is 5.82 Å². The first kappa shape index (κ1) is 16.3. The third kappa shape index (κ3) is 3.20. The molecule has 0 saturated heterocycles. The molecule has 2 saturated carbocycles. The summed E-state index contributed by atoms with van der Waals surface area (Å²) in [7, 11) is 0. The van der Waals surface area contributed by atoms with Crippen molar-refractivity contribution in [2.75, 3.05) is 0 Å². The van der Waals surface area contributed by atoms with Gasteiger partial charge in [0.25, 0.3) is 0 Å². The Bertz CT molecular complexity index is 752. The van der Waals surface area contributed by atoms with Crippen molar-refractivity contribution in [1.82, 2.24) is 5.32 Å². The molecule has 0 heterocycles. The smallest absolute Gasteiger partial charge is 0.230 e. The predicted octanol–water partition coefficient (Wildman–Crippen LogP) is 4.70. The van der Waals surface area contributed by atoms with Crippen LogP contribution in [0.3, 0.4) is 0 Å². The van der Waals surface area contributed by atoms with Crippen LogP contribution >= 0.6 is 0 Å². The van der Waals surface area contributed by atoms with Gasteiger partial charge in [0.05, 0.1) is 5.41 Å². The summed E-state index contributed by atoms with van der Waals surface area (Å²) in [6.07, 6.45) is 5.82. The molecule has 2 atom stereocenters. The van der Waals surface area contributed by atoms with Crippen LogP contribution in [0.5, 0.6) is 0 Å². The van der Waals surface area contributed by atoms with Gasteiger partial charge in [-0.25, -0.2) is 4.39 Å². The Morgan fingerprint density at radius 1 is 1.00 bits per heavy atom. The molecule has 2 aromatic rings. The topological polar surface area (TPSA) is 29.1 Å². The van der Waals surface area contributed by atoms with Crippen LogP contribution in [-0.2, 0) is 10.2 Å². The van der Waals surface area contributed by atoms with E-state index in [1.807, 2.05) is 24.3 Å². The minimum absolute atomic E-state index is 0.0845. The molecule has 2 aromatic carbocycles. The highest BCUT2D eigenvalue weighted by molar-refractivity contribution is 5.89. The van der Waals surface area contributed by atoms with E-state index in [0.717, 1.165) is 44.1 Å². The molecule has 0 spiro atoms. The average molecular weight is 337 g/mol. The lowest BCUT2D eigenvalue weighted by Crippen LogP contribution is -2.46. The fourth-order valence-corrected chi connectivity index (χ4v) is 4.32. The van der Waals surface area contributed by atoms with E-state index in [4.69, 9.17) is 0 Å². The molecule has 2 aliphatic rings. The molecule has 4 rings (SSSR count). The highest BCUT2D eigenvalue weighted by Gasteiger charge is 2.46. The first-order chi connectivity index (χ1) is 12.2. The summed E-state index contributed by atoms with van der Waals surface area (Å²) in [5.41, 5.74) is 1.56. The van der Waals surface area contributed by atoms with Gasteiger partial charge >= 0.3 is 0 Å². The molecule has 0 radical (unpaired) electrons. The van der Waals surface area contributed by atoms with Crippen molar-refractivity contribution in [2.24, 2.45) is 0 Å². The zero-order valence-corrected chi connectivity index (χ0v) is 14.4. The van der Waals surface area contributed by atoms with Crippen molar-refractivity contribution >= 4 is 5.91 Å². The normalized spacial score (nSPS) is 24.5. The molecule has 0 aromatic heterocycles. The summed E-state index contributed by atoms with van der Waals surface area (Å²) in [4.78, 5) is 13.2. The largest absolute Gasteiger partial charge is 0.352 e. The standard InChI is InChI=1S/C22H24FNO/c23-18-11-7-10-17(14-18)22(12-5-2-6-13-22)21(25)24-20-15-19(20)16-8-3-1-4-9-16/h1,3-4,7-11,14,19-20H,2,5-6,12-13,15H2,(H,24,25)/t19-,20-/m1/s1. The van der Waals surface area contributed by atoms with E-state index in [-0.39, 0.29) is 17.8 Å². The third-order valence-electron chi connectivity index (χ3n) is 5.85. The van der Waals surface area contributed by atoms with E-state index in [1.165, 1.54) is 11.6 Å². The van der Waals surface area contributed by atoms with Crippen molar-refractivity contribution in [1.29, 1.82) is 0 Å². The molecule has 3 heteroatoms. The quantitative estimate of drug-likeness (QED) is 0.861. The zero-order chi connectivity index (χ0) is 17.3. The van der Waals surface area contributed by atoms with Gasteiger partial charge in [0.15, 0.2) is 0 Å². The molecular weight excluding hydrogens is 313 g/mol. The Morgan fingerprint density at radius 2 is 1.76 bits per heavy atom.